The van der Waals surface area contributed by atoms with Gasteiger partial charge in [-0.1, -0.05) is 11.6 Å². The number of carbonyl (C=O) groups is 1. The fraction of sp³-hybridized carbons (Fsp3) is 0.444. The zero-order chi connectivity index (χ0) is 12.5. The first-order valence-electron chi connectivity index (χ1n) is 4.35. The van der Waals surface area contributed by atoms with Gasteiger partial charge in [0.25, 0.3) is 0 Å². The first-order valence-corrected chi connectivity index (χ1v) is 4.73. The van der Waals surface area contributed by atoms with Crippen molar-refractivity contribution in [2.45, 2.75) is 26.2 Å². The molecule has 0 radical (unpaired) electrons. The van der Waals surface area contributed by atoms with Gasteiger partial charge < -0.3 is 5.11 Å². The highest BCUT2D eigenvalue weighted by atomic mass is 35.5. The molecule has 88 valence electrons. The molecule has 1 aromatic rings. The number of aromatic nitrogens is 2. The van der Waals surface area contributed by atoms with Crippen LogP contribution in [0.4, 0.5) is 8.78 Å². The van der Waals surface area contributed by atoms with Gasteiger partial charge >= 0.3 is 11.9 Å². The van der Waals surface area contributed by atoms with Crippen LogP contribution >= 0.6 is 11.6 Å². The van der Waals surface area contributed by atoms with Crippen molar-refractivity contribution in [2.75, 3.05) is 0 Å². The van der Waals surface area contributed by atoms with Crippen LogP contribution in [0.3, 0.4) is 0 Å². The second-order valence-corrected chi connectivity index (χ2v) is 3.72. The number of hydrogen-bond donors (Lipinski definition) is 1. The molecule has 0 unspecified atom stereocenters. The molecule has 0 aliphatic carbocycles. The summed E-state index contributed by atoms with van der Waals surface area (Å²) in [5.41, 5.74) is 0.892. The molecule has 0 aromatic carbocycles. The Bertz CT molecular complexity index is 438. The normalized spacial score (nSPS) is 11.6. The standard InChI is InChI=1S/C9H9ClF2N2O2/c1-4-5(2)13-14-7(10)6(4)3-9(11,12)8(15)16/h3H2,1-2H3,(H,15,16). The molecule has 0 bridgehead atoms. The van der Waals surface area contributed by atoms with Crippen molar-refractivity contribution in [1.29, 1.82) is 0 Å². The molecule has 0 fully saturated rings. The quantitative estimate of drug-likeness (QED) is 0.891. The highest BCUT2D eigenvalue weighted by molar-refractivity contribution is 6.30. The summed E-state index contributed by atoms with van der Waals surface area (Å²) >= 11 is 5.61. The average Bonchev–Trinajstić information content (AvgIpc) is 2.18. The number of rotatable bonds is 3. The lowest BCUT2D eigenvalue weighted by Gasteiger charge is -2.14. The maximum absolute atomic E-state index is 13.0. The van der Waals surface area contributed by atoms with Gasteiger partial charge in [0.15, 0.2) is 5.15 Å². The number of nitrogens with zero attached hydrogens (tertiary/aromatic N) is 2. The van der Waals surface area contributed by atoms with Gasteiger partial charge in [-0.05, 0) is 19.4 Å². The van der Waals surface area contributed by atoms with Crippen molar-refractivity contribution in [3.8, 4) is 0 Å². The molecule has 7 heteroatoms. The SMILES string of the molecule is Cc1nnc(Cl)c(CC(F)(F)C(=O)O)c1C. The zero-order valence-corrected chi connectivity index (χ0v) is 9.35. The molecular weight excluding hydrogens is 242 g/mol. The fourth-order valence-electron chi connectivity index (χ4n) is 1.13. The molecule has 4 nitrogen and oxygen atoms in total. The van der Waals surface area contributed by atoms with E-state index in [1.807, 2.05) is 0 Å². The molecule has 0 atom stereocenters. The van der Waals surface area contributed by atoms with E-state index in [2.05, 4.69) is 10.2 Å². The monoisotopic (exact) mass is 250 g/mol. The second kappa shape index (κ2) is 4.29. The Morgan fingerprint density at radius 1 is 1.44 bits per heavy atom. The number of carboxylic acids is 1. The van der Waals surface area contributed by atoms with Crippen molar-refractivity contribution < 1.29 is 18.7 Å². The predicted molar refractivity (Wildman–Crippen MR) is 52.8 cm³/mol. The minimum atomic E-state index is -3.86. The van der Waals surface area contributed by atoms with Gasteiger partial charge in [-0.2, -0.15) is 13.9 Å². The highest BCUT2D eigenvalue weighted by Gasteiger charge is 2.40. The summed E-state index contributed by atoms with van der Waals surface area (Å²) in [4.78, 5) is 10.3. The lowest BCUT2D eigenvalue weighted by molar-refractivity contribution is -0.164. The minimum absolute atomic E-state index is 0.0153. The molecule has 0 aliphatic rings. The van der Waals surface area contributed by atoms with E-state index in [4.69, 9.17) is 16.7 Å². The molecule has 1 aromatic heterocycles. The maximum Gasteiger partial charge on any atom is 0.374 e. The summed E-state index contributed by atoms with van der Waals surface area (Å²) in [6, 6.07) is 0. The topological polar surface area (TPSA) is 63.1 Å². The summed E-state index contributed by atoms with van der Waals surface area (Å²) in [5.74, 6) is -6.04. The van der Waals surface area contributed by atoms with Crippen LogP contribution in [-0.4, -0.2) is 27.2 Å². The van der Waals surface area contributed by atoms with Crippen LogP contribution in [0.15, 0.2) is 0 Å². The van der Waals surface area contributed by atoms with E-state index in [0.717, 1.165) is 0 Å². The van der Waals surface area contributed by atoms with E-state index < -0.39 is 18.3 Å². The number of alkyl halides is 2. The van der Waals surface area contributed by atoms with Gasteiger partial charge in [0.2, 0.25) is 0 Å². The van der Waals surface area contributed by atoms with Crippen molar-refractivity contribution in [2.24, 2.45) is 0 Å². The Balaban J connectivity index is 3.15. The highest BCUT2D eigenvalue weighted by Crippen LogP contribution is 2.27. The fourth-order valence-corrected chi connectivity index (χ4v) is 1.38. The van der Waals surface area contributed by atoms with E-state index in [1.165, 1.54) is 0 Å². The molecule has 1 rings (SSSR count). The third-order valence-corrected chi connectivity index (χ3v) is 2.55. The van der Waals surface area contributed by atoms with Crippen molar-refractivity contribution in [1.82, 2.24) is 10.2 Å². The lowest BCUT2D eigenvalue weighted by atomic mass is 10.0. The largest absolute Gasteiger partial charge is 0.477 e. The third kappa shape index (κ3) is 2.44. The van der Waals surface area contributed by atoms with Crippen LogP contribution in [0.25, 0.3) is 0 Å². The van der Waals surface area contributed by atoms with Gasteiger partial charge in [-0.15, -0.1) is 5.10 Å². The number of halogens is 3. The molecule has 1 N–H and O–H groups in total. The summed E-state index contributed by atoms with van der Waals surface area (Å²) in [5, 5.41) is 15.2. The van der Waals surface area contributed by atoms with Gasteiger partial charge in [-0.3, -0.25) is 0 Å². The molecule has 1 heterocycles. The van der Waals surface area contributed by atoms with E-state index in [0.29, 0.717) is 11.3 Å². The Morgan fingerprint density at radius 2 is 2.00 bits per heavy atom. The van der Waals surface area contributed by atoms with Gasteiger partial charge in [0.05, 0.1) is 12.1 Å². The molecule has 0 amide bonds. The number of carboxylic acid groups (broad SMARTS) is 1. The first kappa shape index (κ1) is 12.8. The van der Waals surface area contributed by atoms with Crippen molar-refractivity contribution in [3.63, 3.8) is 0 Å². The molecule has 0 saturated carbocycles. The number of aliphatic carboxylic acids is 1. The Kier molecular flexibility index (Phi) is 3.42. The molecule has 16 heavy (non-hydrogen) atoms. The van der Waals surface area contributed by atoms with Crippen LogP contribution in [0.2, 0.25) is 5.15 Å². The molecule has 0 spiro atoms. The predicted octanol–water partition coefficient (Wildman–Crippen LogP) is 2.01. The molecule has 0 aliphatic heterocycles. The Morgan fingerprint density at radius 3 is 2.50 bits per heavy atom. The van der Waals surface area contributed by atoms with E-state index in [9.17, 15) is 13.6 Å². The first-order chi connectivity index (χ1) is 7.25. The van der Waals surface area contributed by atoms with E-state index >= 15 is 0 Å². The maximum atomic E-state index is 13.0. The average molecular weight is 251 g/mol. The number of aryl methyl sites for hydroxylation is 1. The zero-order valence-electron chi connectivity index (χ0n) is 8.59. The van der Waals surface area contributed by atoms with Crippen LogP contribution in [0.5, 0.6) is 0 Å². The van der Waals surface area contributed by atoms with Gasteiger partial charge in [0.1, 0.15) is 0 Å². The van der Waals surface area contributed by atoms with Crippen LogP contribution < -0.4 is 0 Å². The van der Waals surface area contributed by atoms with Crippen molar-refractivity contribution in [3.05, 3.63) is 22.0 Å². The summed E-state index contributed by atoms with van der Waals surface area (Å²) in [6.07, 6.45) is -0.983. The van der Waals surface area contributed by atoms with Gasteiger partial charge in [-0.25, -0.2) is 4.79 Å². The Hall–Kier alpha value is -1.30. The number of hydrogen-bond acceptors (Lipinski definition) is 3. The molecular formula is C9H9ClF2N2O2. The third-order valence-electron chi connectivity index (χ3n) is 2.24. The van der Waals surface area contributed by atoms with E-state index in [-0.39, 0.29) is 10.7 Å². The second-order valence-electron chi connectivity index (χ2n) is 3.37. The van der Waals surface area contributed by atoms with Crippen molar-refractivity contribution >= 4 is 17.6 Å². The van der Waals surface area contributed by atoms with Crippen LogP contribution in [-0.2, 0) is 11.2 Å². The minimum Gasteiger partial charge on any atom is -0.477 e. The van der Waals surface area contributed by atoms with Gasteiger partial charge in [0, 0.05) is 5.56 Å². The molecule has 0 saturated heterocycles. The summed E-state index contributed by atoms with van der Waals surface area (Å²) in [6.45, 7) is 3.13. The lowest BCUT2D eigenvalue weighted by Crippen LogP contribution is -2.31. The Labute approximate surface area is 95.3 Å². The summed E-state index contributed by atoms with van der Waals surface area (Å²) < 4.78 is 26.0. The van der Waals surface area contributed by atoms with Crippen LogP contribution in [0.1, 0.15) is 16.8 Å². The van der Waals surface area contributed by atoms with E-state index in [1.54, 1.807) is 13.8 Å². The van der Waals surface area contributed by atoms with Crippen LogP contribution in [0, 0.1) is 13.8 Å². The summed E-state index contributed by atoms with van der Waals surface area (Å²) in [7, 11) is 0. The smallest absolute Gasteiger partial charge is 0.374 e.